The highest BCUT2D eigenvalue weighted by Gasteiger charge is 2.63. The topological polar surface area (TPSA) is 79.0 Å². The predicted octanol–water partition coefficient (Wildman–Crippen LogP) is 3.89. The first kappa shape index (κ1) is 24.5. The van der Waals surface area contributed by atoms with Crippen molar-refractivity contribution in [2.75, 3.05) is 13.1 Å². The second-order valence-electron chi connectivity index (χ2n) is 12.6. The molecule has 1 aromatic rings. The third-order valence-electron chi connectivity index (χ3n) is 10.4. The van der Waals surface area contributed by atoms with E-state index in [9.17, 15) is 23.2 Å². The van der Waals surface area contributed by atoms with Crippen molar-refractivity contribution in [3.05, 3.63) is 29.3 Å². The van der Waals surface area contributed by atoms with Gasteiger partial charge in [-0.3, -0.25) is 24.6 Å². The Bertz CT molecular complexity index is 1170. The van der Waals surface area contributed by atoms with Gasteiger partial charge in [0.25, 0.3) is 11.8 Å². The Morgan fingerprint density at radius 3 is 2.42 bits per heavy atom. The lowest BCUT2D eigenvalue weighted by molar-refractivity contribution is -0.160. The van der Waals surface area contributed by atoms with E-state index < -0.39 is 11.5 Å². The molecule has 0 unspecified atom stereocenters. The highest BCUT2D eigenvalue weighted by Crippen LogP contribution is 2.49. The summed E-state index contributed by atoms with van der Waals surface area (Å²) in [6.07, 6.45) is 6.56. The first-order valence-electron chi connectivity index (χ1n) is 14.3. The van der Waals surface area contributed by atoms with Gasteiger partial charge in [0.05, 0.1) is 0 Å². The molecule has 7 nitrogen and oxygen atoms in total. The Balaban J connectivity index is 1.000. The van der Waals surface area contributed by atoms with E-state index in [4.69, 9.17) is 4.74 Å². The zero-order valence-corrected chi connectivity index (χ0v) is 21.6. The molecule has 4 heterocycles. The van der Waals surface area contributed by atoms with Crippen molar-refractivity contribution in [3.8, 4) is 5.75 Å². The molecular weight excluding hydrogens is 492 g/mol. The number of piperidine rings is 2. The van der Waals surface area contributed by atoms with Crippen molar-refractivity contribution in [2.24, 2.45) is 17.8 Å². The van der Waals surface area contributed by atoms with Crippen LogP contribution in [0.4, 0.5) is 8.78 Å². The third-order valence-corrected chi connectivity index (χ3v) is 10.4. The number of hydrogen-bond acceptors (Lipinski definition) is 5. The lowest BCUT2D eigenvalue weighted by atomic mass is 9.63. The van der Waals surface area contributed by atoms with Gasteiger partial charge in [-0.25, -0.2) is 8.78 Å². The number of alkyl halides is 2. The van der Waals surface area contributed by atoms with Crippen molar-refractivity contribution in [1.29, 1.82) is 0 Å². The number of hydrogen-bond donors (Lipinski definition) is 1. The molecule has 7 aliphatic rings. The maximum atomic E-state index is 13.6. The number of carbonyl (C=O) groups is 3. The molecule has 3 amide bonds. The molecule has 0 aromatic heterocycles. The molecule has 2 atom stereocenters. The Morgan fingerprint density at radius 2 is 1.68 bits per heavy atom. The molecule has 9 heteroatoms. The largest absolute Gasteiger partial charge is 0.489 e. The van der Waals surface area contributed by atoms with Gasteiger partial charge >= 0.3 is 0 Å². The molecule has 0 spiro atoms. The average Bonchev–Trinajstić information content (AvgIpc) is 3.15. The molecule has 8 rings (SSSR count). The fraction of sp³-hybridized carbons (Fsp3) is 0.690. The van der Waals surface area contributed by atoms with Crippen LogP contribution in [0.25, 0.3) is 0 Å². The molecular formula is C29H35F2N3O4. The highest BCUT2D eigenvalue weighted by molar-refractivity contribution is 6.10. The molecule has 204 valence electrons. The highest BCUT2D eigenvalue weighted by atomic mass is 19.3. The summed E-state index contributed by atoms with van der Waals surface area (Å²) >= 11 is 0. The normalized spacial score (nSPS) is 35.4. The van der Waals surface area contributed by atoms with Gasteiger partial charge in [0, 0.05) is 50.0 Å². The number of halogens is 2. The summed E-state index contributed by atoms with van der Waals surface area (Å²) in [5.41, 5.74) is 0.552. The number of carbonyl (C=O) groups excluding carboxylic acids is 3. The Morgan fingerprint density at radius 1 is 0.947 bits per heavy atom. The van der Waals surface area contributed by atoms with Gasteiger partial charge < -0.3 is 9.64 Å². The second kappa shape index (κ2) is 8.73. The lowest BCUT2D eigenvalue weighted by Crippen LogP contribution is -2.73. The minimum absolute atomic E-state index is 0.0338. The number of nitrogens with zero attached hydrogens (tertiary/aromatic N) is 2. The first-order valence-corrected chi connectivity index (χ1v) is 14.3. The Labute approximate surface area is 221 Å². The molecule has 4 aliphatic heterocycles. The van der Waals surface area contributed by atoms with E-state index in [0.717, 1.165) is 43.7 Å². The SMILES string of the molecule is O=C1NC(=O)C2(N3Cc4cc(O[C@@H]5CCCC[C@H]5N5CC(C6CCC(F)(F)CC6)C5)ccc4C3=O)CC1C2. The number of benzene rings is 1. The summed E-state index contributed by atoms with van der Waals surface area (Å²) < 4.78 is 33.7. The lowest BCUT2D eigenvalue weighted by Gasteiger charge is -2.53. The number of imide groups is 1. The van der Waals surface area contributed by atoms with E-state index in [-0.39, 0.29) is 42.6 Å². The van der Waals surface area contributed by atoms with Crippen LogP contribution >= 0.6 is 0 Å². The van der Waals surface area contributed by atoms with Gasteiger partial charge in [-0.2, -0.15) is 0 Å². The van der Waals surface area contributed by atoms with Crippen LogP contribution in [0.5, 0.6) is 5.75 Å². The van der Waals surface area contributed by atoms with Crippen molar-refractivity contribution < 1.29 is 27.9 Å². The summed E-state index contributed by atoms with van der Waals surface area (Å²) in [5, 5.41) is 2.43. The fourth-order valence-electron chi connectivity index (χ4n) is 7.97. The van der Waals surface area contributed by atoms with Crippen LogP contribution in [0.3, 0.4) is 0 Å². The van der Waals surface area contributed by atoms with Crippen molar-refractivity contribution in [1.82, 2.24) is 15.1 Å². The van der Waals surface area contributed by atoms with Gasteiger partial charge in [-0.15, -0.1) is 0 Å². The fourth-order valence-corrected chi connectivity index (χ4v) is 7.97. The standard InChI is InChI=1S/C29H35F2N3O4/c30-29(31)9-7-17(8-10-29)20-14-33(15-20)23-3-1-2-4-24(23)38-21-5-6-22-18(11-21)16-34(26(22)36)28-12-19(13-28)25(35)32-27(28)37/h5-6,11,17,19-20,23-24H,1-4,7-10,12-16H2,(H,32,35,37)/t19?,23-,24-,28?/m1/s1. The maximum absolute atomic E-state index is 13.6. The number of amides is 3. The molecule has 3 saturated carbocycles. The van der Waals surface area contributed by atoms with Gasteiger partial charge in [0.1, 0.15) is 17.4 Å². The summed E-state index contributed by atoms with van der Waals surface area (Å²) in [7, 11) is 0. The zero-order chi connectivity index (χ0) is 26.2. The van der Waals surface area contributed by atoms with E-state index in [2.05, 4.69) is 10.2 Å². The molecule has 3 saturated heterocycles. The monoisotopic (exact) mass is 527 g/mol. The molecule has 3 aliphatic carbocycles. The van der Waals surface area contributed by atoms with Crippen LogP contribution in [0, 0.1) is 17.8 Å². The van der Waals surface area contributed by atoms with Gasteiger partial charge in [0.2, 0.25) is 11.8 Å². The minimum Gasteiger partial charge on any atom is -0.489 e. The number of nitrogens with one attached hydrogen (secondary N) is 1. The summed E-state index contributed by atoms with van der Waals surface area (Å²) in [5.74, 6) is -1.72. The molecule has 38 heavy (non-hydrogen) atoms. The van der Waals surface area contributed by atoms with Crippen molar-refractivity contribution in [3.63, 3.8) is 0 Å². The van der Waals surface area contributed by atoms with Crippen LogP contribution in [-0.4, -0.2) is 64.2 Å². The molecule has 6 fully saturated rings. The number of fused-ring (bicyclic) bond motifs is 3. The zero-order valence-electron chi connectivity index (χ0n) is 21.6. The van der Waals surface area contributed by atoms with Crippen molar-refractivity contribution >= 4 is 17.7 Å². The van der Waals surface area contributed by atoms with Gasteiger partial charge in [-0.05, 0) is 80.5 Å². The number of rotatable bonds is 5. The average molecular weight is 528 g/mol. The van der Waals surface area contributed by atoms with Crippen LogP contribution in [0.2, 0.25) is 0 Å². The van der Waals surface area contributed by atoms with Crippen LogP contribution < -0.4 is 10.1 Å². The number of likely N-dealkylation sites (tertiary alicyclic amines) is 1. The molecule has 2 bridgehead atoms. The molecule has 1 N–H and O–H groups in total. The summed E-state index contributed by atoms with van der Waals surface area (Å²) in [6.45, 7) is 2.30. The number of ether oxygens (including phenoxy) is 1. The van der Waals surface area contributed by atoms with E-state index in [1.807, 2.05) is 18.2 Å². The second-order valence-corrected chi connectivity index (χ2v) is 12.6. The van der Waals surface area contributed by atoms with E-state index in [1.165, 1.54) is 6.42 Å². The molecule has 0 radical (unpaired) electrons. The van der Waals surface area contributed by atoms with E-state index in [1.54, 1.807) is 4.90 Å². The quantitative estimate of drug-likeness (QED) is 0.588. The predicted molar refractivity (Wildman–Crippen MR) is 134 cm³/mol. The van der Waals surface area contributed by atoms with Crippen molar-refractivity contribution in [2.45, 2.75) is 94.4 Å². The molecule has 1 aromatic carbocycles. The first-order chi connectivity index (χ1) is 18.2. The third kappa shape index (κ3) is 3.87. The van der Waals surface area contributed by atoms with Gasteiger partial charge in [-0.1, -0.05) is 6.42 Å². The Kier molecular flexibility index (Phi) is 5.63. The van der Waals surface area contributed by atoms with Gasteiger partial charge in [0.15, 0.2) is 0 Å². The Hall–Kier alpha value is -2.55. The van der Waals surface area contributed by atoms with Crippen LogP contribution in [0.15, 0.2) is 18.2 Å². The maximum Gasteiger partial charge on any atom is 0.255 e. The summed E-state index contributed by atoms with van der Waals surface area (Å²) in [4.78, 5) is 41.9. The van der Waals surface area contributed by atoms with Crippen LogP contribution in [0.1, 0.15) is 80.1 Å². The van der Waals surface area contributed by atoms with E-state index in [0.29, 0.717) is 55.7 Å². The van der Waals surface area contributed by atoms with Crippen LogP contribution in [-0.2, 0) is 16.1 Å². The minimum atomic E-state index is -2.47. The smallest absolute Gasteiger partial charge is 0.255 e. The summed E-state index contributed by atoms with van der Waals surface area (Å²) in [6, 6.07) is 5.94. The van der Waals surface area contributed by atoms with E-state index >= 15 is 0 Å².